The molecule has 0 aliphatic heterocycles. The predicted octanol–water partition coefficient (Wildman–Crippen LogP) is 4.26. The van der Waals surface area contributed by atoms with Crippen LogP contribution in [0.1, 0.15) is 64.7 Å². The lowest BCUT2D eigenvalue weighted by Gasteiger charge is -2.51. The van der Waals surface area contributed by atoms with Crippen LogP contribution in [0.15, 0.2) is 22.8 Å². The number of nitrogens with zero attached hydrogens (tertiary/aromatic N) is 1. The lowest BCUT2D eigenvalue weighted by atomic mass is 9.56. The van der Waals surface area contributed by atoms with Crippen molar-refractivity contribution in [1.29, 1.82) is 5.26 Å². The Kier molecular flexibility index (Phi) is 4.34. The molecule has 1 fully saturated rings. The first kappa shape index (κ1) is 18.2. The van der Waals surface area contributed by atoms with Crippen LogP contribution >= 0.6 is 0 Å². The maximum absolute atomic E-state index is 11.2. The molecule has 4 aliphatic carbocycles. The second kappa shape index (κ2) is 6.19. The van der Waals surface area contributed by atoms with Gasteiger partial charge in [0.15, 0.2) is 5.79 Å². The van der Waals surface area contributed by atoms with Crippen molar-refractivity contribution in [2.24, 2.45) is 17.3 Å². The van der Waals surface area contributed by atoms with E-state index in [1.54, 1.807) is 19.8 Å². The van der Waals surface area contributed by atoms with Crippen molar-refractivity contribution in [2.75, 3.05) is 14.2 Å². The highest BCUT2D eigenvalue weighted by atomic mass is 16.7. The first-order valence-corrected chi connectivity index (χ1v) is 10.0. The summed E-state index contributed by atoms with van der Waals surface area (Å²) in [5.41, 5.74) is 3.61. The predicted molar refractivity (Wildman–Crippen MR) is 99.1 cm³/mol. The molecule has 1 saturated carbocycles. The van der Waals surface area contributed by atoms with Gasteiger partial charge in [-0.3, -0.25) is 0 Å². The number of methoxy groups -OCH3 is 2. The van der Waals surface area contributed by atoms with E-state index in [0.29, 0.717) is 11.8 Å². The lowest BCUT2D eigenvalue weighted by Crippen LogP contribution is -2.49. The second-order valence-electron chi connectivity index (χ2n) is 9.02. The number of nitriles is 1. The fraction of sp³-hybridized carbons (Fsp3) is 0.773. The molecular formula is C22H31NO3. The van der Waals surface area contributed by atoms with E-state index >= 15 is 0 Å². The molecule has 0 bridgehead atoms. The molecule has 4 heteroatoms. The molecule has 4 nitrogen and oxygen atoms in total. The van der Waals surface area contributed by atoms with E-state index in [1.165, 1.54) is 11.1 Å². The normalized spacial score (nSPS) is 41.0. The summed E-state index contributed by atoms with van der Waals surface area (Å²) >= 11 is 0. The Bertz CT molecular complexity index is 699. The lowest BCUT2D eigenvalue weighted by molar-refractivity contribution is -0.212. The zero-order chi connectivity index (χ0) is 18.6. The topological polar surface area (TPSA) is 62.5 Å². The quantitative estimate of drug-likeness (QED) is 0.767. The second-order valence-corrected chi connectivity index (χ2v) is 9.02. The summed E-state index contributed by atoms with van der Waals surface area (Å²) in [6, 6.07) is 2.24. The molecule has 0 saturated heterocycles. The Morgan fingerprint density at radius 1 is 1.23 bits per heavy atom. The van der Waals surface area contributed by atoms with Crippen LogP contribution in [0.5, 0.6) is 0 Å². The molecule has 0 unspecified atom stereocenters. The van der Waals surface area contributed by atoms with Crippen molar-refractivity contribution >= 4 is 0 Å². The molecule has 26 heavy (non-hydrogen) atoms. The van der Waals surface area contributed by atoms with E-state index < -0.39 is 11.4 Å². The average Bonchev–Trinajstić information content (AvgIpc) is 2.92. The van der Waals surface area contributed by atoms with Crippen molar-refractivity contribution in [2.45, 2.75) is 76.1 Å². The summed E-state index contributed by atoms with van der Waals surface area (Å²) < 4.78 is 11.4. The Labute approximate surface area is 156 Å². The number of hydrogen-bond acceptors (Lipinski definition) is 4. The van der Waals surface area contributed by atoms with Crippen LogP contribution in [0, 0.1) is 28.6 Å². The minimum atomic E-state index is -0.822. The highest BCUT2D eigenvalue weighted by Gasteiger charge is 2.60. The van der Waals surface area contributed by atoms with Crippen LogP contribution in [0.4, 0.5) is 0 Å². The molecule has 0 aromatic rings. The summed E-state index contributed by atoms with van der Waals surface area (Å²) in [7, 11) is 3.50. The van der Waals surface area contributed by atoms with Crippen LogP contribution in [0.3, 0.4) is 0 Å². The fourth-order valence-corrected chi connectivity index (χ4v) is 6.51. The molecular weight excluding hydrogens is 326 g/mol. The van der Waals surface area contributed by atoms with E-state index in [2.05, 4.69) is 19.1 Å². The largest absolute Gasteiger partial charge is 0.388 e. The Hall–Kier alpha value is -1.15. The number of ether oxygens (including phenoxy) is 2. The van der Waals surface area contributed by atoms with E-state index in [1.807, 2.05) is 0 Å². The van der Waals surface area contributed by atoms with Crippen molar-refractivity contribution in [1.82, 2.24) is 0 Å². The van der Waals surface area contributed by atoms with Gasteiger partial charge in [-0.25, -0.2) is 0 Å². The van der Waals surface area contributed by atoms with Gasteiger partial charge in [0, 0.05) is 32.5 Å². The van der Waals surface area contributed by atoms with Crippen molar-refractivity contribution in [3.63, 3.8) is 0 Å². The van der Waals surface area contributed by atoms with E-state index in [4.69, 9.17) is 9.47 Å². The maximum Gasteiger partial charge on any atom is 0.171 e. The molecule has 0 aromatic heterocycles. The molecule has 4 rings (SSSR count). The van der Waals surface area contributed by atoms with Gasteiger partial charge in [0.1, 0.15) is 0 Å². The zero-order valence-corrected chi connectivity index (χ0v) is 16.3. The van der Waals surface area contributed by atoms with E-state index in [9.17, 15) is 10.4 Å². The van der Waals surface area contributed by atoms with Gasteiger partial charge in [-0.05, 0) is 61.5 Å². The maximum atomic E-state index is 11.2. The van der Waals surface area contributed by atoms with Crippen molar-refractivity contribution < 1.29 is 14.6 Å². The Balaban J connectivity index is 1.67. The number of hydrogen-bond donors (Lipinski definition) is 1. The molecule has 4 aliphatic rings. The summed E-state index contributed by atoms with van der Waals surface area (Å²) in [6.07, 6.45) is 10.4. The Morgan fingerprint density at radius 3 is 2.69 bits per heavy atom. The minimum Gasteiger partial charge on any atom is -0.388 e. The molecule has 0 spiro atoms. The summed E-state index contributed by atoms with van der Waals surface area (Å²) in [5.74, 6) is 0.583. The molecule has 1 N–H and O–H groups in total. The molecule has 4 atom stereocenters. The van der Waals surface area contributed by atoms with Gasteiger partial charge in [0.05, 0.1) is 18.1 Å². The van der Waals surface area contributed by atoms with Gasteiger partial charge in [-0.15, -0.1) is 0 Å². The minimum absolute atomic E-state index is 0.160. The zero-order valence-electron chi connectivity index (χ0n) is 16.3. The third-order valence-electron chi connectivity index (χ3n) is 8.27. The van der Waals surface area contributed by atoms with E-state index in [0.717, 1.165) is 51.4 Å². The molecule has 0 radical (unpaired) electrons. The Morgan fingerprint density at radius 2 is 2.00 bits per heavy atom. The SMILES string of the molecule is COC1(OC)CCC2=C(CC[C@@H]3C2=CC[C@@]2(C)[C@@H]3CC[C@@]2(O)CC#N)C1. The third kappa shape index (κ3) is 2.37. The summed E-state index contributed by atoms with van der Waals surface area (Å²) in [4.78, 5) is 0. The average molecular weight is 357 g/mol. The van der Waals surface area contributed by atoms with E-state index in [-0.39, 0.29) is 11.8 Å². The molecule has 0 heterocycles. The molecule has 0 aromatic carbocycles. The number of rotatable bonds is 3. The van der Waals surface area contributed by atoms with Gasteiger partial charge in [0.2, 0.25) is 0 Å². The third-order valence-corrected chi connectivity index (χ3v) is 8.27. The summed E-state index contributed by atoms with van der Waals surface area (Å²) in [6.45, 7) is 2.22. The standard InChI is InChI=1S/C22H31NO3/c1-20-9-6-17-16-7-11-22(25-2,26-3)14-15(16)4-5-18(17)19(20)8-10-21(20,24)12-13-23/h6,18-19,24H,4-5,7-12,14H2,1-3H3/t18-,19-,20+,21-/m1/s1. The van der Waals surface area contributed by atoms with Gasteiger partial charge in [-0.2, -0.15) is 5.26 Å². The van der Waals surface area contributed by atoms with Crippen LogP contribution < -0.4 is 0 Å². The van der Waals surface area contributed by atoms with Crippen LogP contribution in [-0.2, 0) is 9.47 Å². The van der Waals surface area contributed by atoms with Crippen LogP contribution in [0.25, 0.3) is 0 Å². The highest BCUT2D eigenvalue weighted by Crippen LogP contribution is 2.63. The number of fused-ring (bicyclic) bond motifs is 4. The smallest absolute Gasteiger partial charge is 0.171 e. The summed E-state index contributed by atoms with van der Waals surface area (Å²) in [5, 5.41) is 20.4. The molecule has 142 valence electrons. The van der Waals surface area contributed by atoms with Gasteiger partial charge in [0.25, 0.3) is 0 Å². The van der Waals surface area contributed by atoms with Gasteiger partial charge >= 0.3 is 0 Å². The molecule has 0 amide bonds. The first-order chi connectivity index (χ1) is 12.4. The van der Waals surface area contributed by atoms with Crippen LogP contribution in [0.2, 0.25) is 0 Å². The number of allylic oxidation sites excluding steroid dienone is 3. The number of aliphatic hydroxyl groups is 1. The fourth-order valence-electron chi connectivity index (χ4n) is 6.51. The van der Waals surface area contributed by atoms with Gasteiger partial charge < -0.3 is 14.6 Å². The van der Waals surface area contributed by atoms with Crippen molar-refractivity contribution in [3.8, 4) is 6.07 Å². The highest BCUT2D eigenvalue weighted by molar-refractivity contribution is 5.45. The van der Waals surface area contributed by atoms with Crippen LogP contribution in [-0.4, -0.2) is 30.7 Å². The first-order valence-electron chi connectivity index (χ1n) is 10.0. The monoisotopic (exact) mass is 357 g/mol. The van der Waals surface area contributed by atoms with Gasteiger partial charge in [-0.1, -0.05) is 18.6 Å². The van der Waals surface area contributed by atoms with Crippen molar-refractivity contribution in [3.05, 3.63) is 22.8 Å².